The van der Waals surface area contributed by atoms with Gasteiger partial charge >= 0.3 is 0 Å². The zero-order valence-electron chi connectivity index (χ0n) is 28.7. The summed E-state index contributed by atoms with van der Waals surface area (Å²) in [4.78, 5) is 10.7. The van der Waals surface area contributed by atoms with Crippen molar-refractivity contribution in [3.63, 3.8) is 0 Å². The van der Waals surface area contributed by atoms with Crippen molar-refractivity contribution in [2.75, 3.05) is 0 Å². The number of hydrogen-bond donors (Lipinski definition) is 0. The number of aromatic nitrogens is 3. The summed E-state index contributed by atoms with van der Waals surface area (Å²) in [5.74, 6) is 0.714. The molecule has 0 saturated carbocycles. The van der Waals surface area contributed by atoms with Crippen molar-refractivity contribution in [3.8, 4) is 39.5 Å². The second-order valence-corrected chi connectivity index (χ2v) is 13.8. The molecule has 0 spiro atoms. The highest BCUT2D eigenvalue weighted by molar-refractivity contribution is 6.15. The fraction of sp³-hybridized carbons (Fsp3) is 0. The van der Waals surface area contributed by atoms with E-state index in [2.05, 4.69) is 193 Å². The molecule has 0 aliphatic rings. The van der Waals surface area contributed by atoms with Crippen LogP contribution in [0.1, 0.15) is 0 Å². The normalized spacial score (nSPS) is 11.8. The molecule has 3 nitrogen and oxygen atoms in total. The molecule has 2 heterocycles. The van der Waals surface area contributed by atoms with Crippen LogP contribution >= 0.6 is 0 Å². The first-order valence-electron chi connectivity index (χ1n) is 18.1. The molecular weight excluding hydrogens is 643 g/mol. The number of fused-ring (bicyclic) bond motifs is 7. The van der Waals surface area contributed by atoms with Gasteiger partial charge in [0.1, 0.15) is 0 Å². The van der Waals surface area contributed by atoms with Crippen LogP contribution in [0.5, 0.6) is 0 Å². The molecule has 53 heavy (non-hydrogen) atoms. The fourth-order valence-corrected chi connectivity index (χ4v) is 8.20. The third kappa shape index (κ3) is 4.75. The lowest BCUT2D eigenvalue weighted by Crippen LogP contribution is -1.99. The standard InChI is InChI=1S/C50H31N3/c1-2-13-33(14-3-1)49-44-30-38(37-23-22-32-12-4-5-15-34(32)28-37)24-26-45(44)51-50(52-49)42-25-27-47(40-19-9-8-18-39(40)42)53-46-21-11-10-20-41(46)43-29-35-16-6-7-17-36(35)31-48(43)53/h1-31H. The monoisotopic (exact) mass is 673 g/mol. The number of rotatable bonds is 4. The van der Waals surface area contributed by atoms with Gasteiger partial charge in [-0.2, -0.15) is 0 Å². The third-order valence-electron chi connectivity index (χ3n) is 10.7. The lowest BCUT2D eigenvalue weighted by atomic mass is 9.97. The van der Waals surface area contributed by atoms with E-state index in [4.69, 9.17) is 9.97 Å². The number of hydrogen-bond acceptors (Lipinski definition) is 2. The van der Waals surface area contributed by atoms with Crippen LogP contribution in [-0.4, -0.2) is 14.5 Å². The lowest BCUT2D eigenvalue weighted by Gasteiger charge is -2.16. The summed E-state index contributed by atoms with van der Waals surface area (Å²) in [5.41, 5.74) is 9.75. The molecule has 9 aromatic carbocycles. The average molecular weight is 674 g/mol. The van der Waals surface area contributed by atoms with Crippen LogP contribution in [-0.2, 0) is 0 Å². The molecule has 0 N–H and O–H groups in total. The minimum atomic E-state index is 0.714. The van der Waals surface area contributed by atoms with E-state index in [0.717, 1.165) is 49.7 Å². The Hall–Kier alpha value is -7.10. The Morgan fingerprint density at radius 2 is 0.981 bits per heavy atom. The van der Waals surface area contributed by atoms with E-state index < -0.39 is 0 Å². The molecule has 11 aromatic rings. The predicted octanol–water partition coefficient (Wildman–Crippen LogP) is 13.2. The Bertz CT molecular complexity index is 3230. The number of benzene rings is 9. The van der Waals surface area contributed by atoms with Gasteiger partial charge in [-0.3, -0.25) is 0 Å². The predicted molar refractivity (Wildman–Crippen MR) is 223 cm³/mol. The molecule has 0 aliphatic carbocycles. The van der Waals surface area contributed by atoms with Crippen LogP contribution in [0.2, 0.25) is 0 Å². The van der Waals surface area contributed by atoms with Crippen molar-refractivity contribution in [2.45, 2.75) is 0 Å². The quantitative estimate of drug-likeness (QED) is 0.186. The molecule has 0 atom stereocenters. The van der Waals surface area contributed by atoms with Crippen LogP contribution in [0.4, 0.5) is 0 Å². The van der Waals surface area contributed by atoms with Gasteiger partial charge in [0.05, 0.1) is 27.9 Å². The molecule has 0 amide bonds. The molecule has 0 fully saturated rings. The highest BCUT2D eigenvalue weighted by Gasteiger charge is 2.19. The molecule has 0 saturated heterocycles. The van der Waals surface area contributed by atoms with Gasteiger partial charge in [-0.25, -0.2) is 9.97 Å². The van der Waals surface area contributed by atoms with Crippen LogP contribution in [0.25, 0.3) is 104 Å². The van der Waals surface area contributed by atoms with Crippen LogP contribution < -0.4 is 0 Å². The number of para-hydroxylation sites is 1. The largest absolute Gasteiger partial charge is 0.309 e. The Labute approximate surface area is 306 Å². The van der Waals surface area contributed by atoms with Crippen molar-refractivity contribution in [1.82, 2.24) is 14.5 Å². The van der Waals surface area contributed by atoms with Gasteiger partial charge in [-0.15, -0.1) is 0 Å². The van der Waals surface area contributed by atoms with Crippen molar-refractivity contribution in [1.29, 1.82) is 0 Å². The molecule has 0 unspecified atom stereocenters. The second kappa shape index (κ2) is 11.7. The fourth-order valence-electron chi connectivity index (χ4n) is 8.20. The van der Waals surface area contributed by atoms with Crippen molar-refractivity contribution in [3.05, 3.63) is 188 Å². The number of nitrogens with zero attached hydrogens (tertiary/aromatic N) is 3. The van der Waals surface area contributed by atoms with Gasteiger partial charge in [-0.1, -0.05) is 140 Å². The molecular formula is C50H31N3. The minimum Gasteiger partial charge on any atom is -0.309 e. The van der Waals surface area contributed by atoms with E-state index in [-0.39, 0.29) is 0 Å². The maximum atomic E-state index is 5.38. The summed E-state index contributed by atoms with van der Waals surface area (Å²) >= 11 is 0. The van der Waals surface area contributed by atoms with E-state index in [9.17, 15) is 0 Å². The van der Waals surface area contributed by atoms with Gasteiger partial charge in [0.15, 0.2) is 5.82 Å². The zero-order chi connectivity index (χ0) is 34.9. The topological polar surface area (TPSA) is 30.7 Å². The lowest BCUT2D eigenvalue weighted by molar-refractivity contribution is 1.19. The molecule has 0 aliphatic heterocycles. The van der Waals surface area contributed by atoms with Crippen LogP contribution in [0.3, 0.4) is 0 Å². The molecule has 0 radical (unpaired) electrons. The highest BCUT2D eigenvalue weighted by Crippen LogP contribution is 2.40. The summed E-state index contributed by atoms with van der Waals surface area (Å²) in [6.07, 6.45) is 0. The van der Waals surface area contributed by atoms with E-state index in [1.165, 1.54) is 48.9 Å². The zero-order valence-corrected chi connectivity index (χ0v) is 28.7. The Morgan fingerprint density at radius 1 is 0.340 bits per heavy atom. The van der Waals surface area contributed by atoms with Crippen molar-refractivity contribution < 1.29 is 0 Å². The molecule has 0 bridgehead atoms. The van der Waals surface area contributed by atoms with E-state index in [1.807, 2.05) is 0 Å². The maximum Gasteiger partial charge on any atom is 0.161 e. The van der Waals surface area contributed by atoms with E-state index >= 15 is 0 Å². The van der Waals surface area contributed by atoms with Crippen molar-refractivity contribution in [2.24, 2.45) is 0 Å². The third-order valence-corrected chi connectivity index (χ3v) is 10.7. The summed E-state index contributed by atoms with van der Waals surface area (Å²) in [6, 6.07) is 67.4. The van der Waals surface area contributed by atoms with Crippen LogP contribution in [0, 0.1) is 0 Å². The minimum absolute atomic E-state index is 0.714. The smallest absolute Gasteiger partial charge is 0.161 e. The van der Waals surface area contributed by atoms with Gasteiger partial charge in [0.2, 0.25) is 0 Å². The van der Waals surface area contributed by atoms with Crippen LogP contribution in [0.15, 0.2) is 188 Å². The van der Waals surface area contributed by atoms with Gasteiger partial charge in [0, 0.05) is 32.7 Å². The van der Waals surface area contributed by atoms with Gasteiger partial charge in [0.25, 0.3) is 0 Å². The SMILES string of the molecule is c1ccc(-c2nc(-c3ccc(-n4c5ccccc5c5cc6ccccc6cc54)c4ccccc34)nc3ccc(-c4ccc5ccccc5c4)cc23)cc1. The Kier molecular flexibility index (Phi) is 6.55. The first kappa shape index (κ1) is 29.6. The average Bonchev–Trinajstić information content (AvgIpc) is 3.54. The highest BCUT2D eigenvalue weighted by atomic mass is 15.0. The second-order valence-electron chi connectivity index (χ2n) is 13.8. The maximum absolute atomic E-state index is 5.38. The van der Waals surface area contributed by atoms with E-state index in [0.29, 0.717) is 5.82 Å². The summed E-state index contributed by atoms with van der Waals surface area (Å²) in [6.45, 7) is 0. The van der Waals surface area contributed by atoms with E-state index in [1.54, 1.807) is 0 Å². The summed E-state index contributed by atoms with van der Waals surface area (Å²) in [7, 11) is 0. The summed E-state index contributed by atoms with van der Waals surface area (Å²) < 4.78 is 2.42. The Balaban J connectivity index is 1.13. The molecule has 2 aromatic heterocycles. The van der Waals surface area contributed by atoms with Gasteiger partial charge < -0.3 is 4.57 Å². The first-order chi connectivity index (χ1) is 26.3. The Morgan fingerprint density at radius 3 is 1.81 bits per heavy atom. The van der Waals surface area contributed by atoms with Gasteiger partial charge in [-0.05, 0) is 86.6 Å². The summed E-state index contributed by atoms with van der Waals surface area (Å²) in [5, 5.41) is 10.7. The van der Waals surface area contributed by atoms with Crippen molar-refractivity contribution >= 4 is 65.0 Å². The first-order valence-corrected chi connectivity index (χ1v) is 18.1. The molecule has 11 rings (SSSR count). The molecule has 3 heteroatoms. The molecule has 246 valence electrons.